The number of aromatic hydroxyl groups is 1. The van der Waals surface area contributed by atoms with Crippen molar-refractivity contribution in [2.75, 3.05) is 18.0 Å². The van der Waals surface area contributed by atoms with Crippen LogP contribution in [0.15, 0.2) is 24.3 Å². The molecule has 2 aliphatic rings. The van der Waals surface area contributed by atoms with Gasteiger partial charge in [0.25, 0.3) is 0 Å². The Bertz CT molecular complexity index is 885. The molecule has 0 amide bonds. The Morgan fingerprint density at radius 2 is 2.03 bits per heavy atom. The number of phenolic OH excluding ortho intramolecular Hbond substituents is 1. The first-order valence-electron chi connectivity index (χ1n) is 10.0. The van der Waals surface area contributed by atoms with E-state index in [1.807, 2.05) is 6.07 Å². The molecule has 3 atom stereocenters. The standard InChI is InChI=1S/C21H25F3N4O/c1-3-13-9-14(21(22,23)24)10-18(29)20(13)16-4-5-19(27-26-16)28-7-6-15-17(28)8-12(2)11-25-15/h4-5,9-10,12,15,17,25,29H,3,6-8,11H2,1-2H3. The van der Waals surface area contributed by atoms with E-state index in [4.69, 9.17) is 0 Å². The molecule has 2 aliphatic heterocycles. The first-order chi connectivity index (χ1) is 13.8. The minimum Gasteiger partial charge on any atom is -0.507 e. The first-order valence-corrected chi connectivity index (χ1v) is 10.0. The molecule has 0 bridgehead atoms. The first kappa shape index (κ1) is 19.9. The van der Waals surface area contributed by atoms with E-state index >= 15 is 0 Å². The fraction of sp³-hybridized carbons (Fsp3) is 0.524. The molecule has 156 valence electrons. The lowest BCUT2D eigenvalue weighted by molar-refractivity contribution is -0.137. The van der Waals surface area contributed by atoms with Crippen molar-refractivity contribution in [1.29, 1.82) is 0 Å². The monoisotopic (exact) mass is 406 g/mol. The van der Waals surface area contributed by atoms with Crippen LogP contribution in [0.3, 0.4) is 0 Å². The van der Waals surface area contributed by atoms with Crippen LogP contribution < -0.4 is 10.2 Å². The predicted molar refractivity (Wildman–Crippen MR) is 105 cm³/mol. The summed E-state index contributed by atoms with van der Waals surface area (Å²) >= 11 is 0. The van der Waals surface area contributed by atoms with Crippen LogP contribution in [-0.2, 0) is 12.6 Å². The topological polar surface area (TPSA) is 61.3 Å². The van der Waals surface area contributed by atoms with Gasteiger partial charge in [-0.1, -0.05) is 13.8 Å². The highest BCUT2D eigenvalue weighted by molar-refractivity contribution is 5.72. The van der Waals surface area contributed by atoms with E-state index in [1.54, 1.807) is 13.0 Å². The number of hydrogen-bond acceptors (Lipinski definition) is 5. The van der Waals surface area contributed by atoms with E-state index in [1.165, 1.54) is 0 Å². The van der Waals surface area contributed by atoms with Gasteiger partial charge in [0.1, 0.15) is 5.75 Å². The number of alkyl halides is 3. The summed E-state index contributed by atoms with van der Waals surface area (Å²) < 4.78 is 39.2. The number of piperidine rings is 1. The normalized spacial score (nSPS) is 24.6. The van der Waals surface area contributed by atoms with Crippen molar-refractivity contribution in [3.8, 4) is 17.0 Å². The summed E-state index contributed by atoms with van der Waals surface area (Å²) in [4.78, 5) is 2.26. The smallest absolute Gasteiger partial charge is 0.416 e. The Kier molecular flexibility index (Phi) is 5.14. The number of nitrogens with zero attached hydrogens (tertiary/aromatic N) is 3. The second-order valence-electron chi connectivity index (χ2n) is 8.06. The molecular weight excluding hydrogens is 381 g/mol. The van der Waals surface area contributed by atoms with Crippen molar-refractivity contribution in [3.63, 3.8) is 0 Å². The maximum Gasteiger partial charge on any atom is 0.416 e. The second kappa shape index (κ2) is 7.48. The van der Waals surface area contributed by atoms with Crippen LogP contribution in [0.25, 0.3) is 11.3 Å². The molecule has 1 aromatic heterocycles. The molecule has 5 nitrogen and oxygen atoms in total. The van der Waals surface area contributed by atoms with Crippen molar-refractivity contribution in [3.05, 3.63) is 35.4 Å². The molecule has 0 aliphatic carbocycles. The van der Waals surface area contributed by atoms with Gasteiger partial charge in [0.2, 0.25) is 0 Å². The van der Waals surface area contributed by atoms with Gasteiger partial charge in [0, 0.05) is 24.2 Å². The molecule has 2 saturated heterocycles. The van der Waals surface area contributed by atoms with Crippen LogP contribution in [0.1, 0.15) is 37.8 Å². The summed E-state index contributed by atoms with van der Waals surface area (Å²) in [6, 6.07) is 6.25. The summed E-state index contributed by atoms with van der Waals surface area (Å²) in [5.74, 6) is 0.937. The van der Waals surface area contributed by atoms with Crippen LogP contribution in [0.5, 0.6) is 5.75 Å². The molecule has 0 spiro atoms. The third-order valence-corrected chi connectivity index (χ3v) is 6.03. The van der Waals surface area contributed by atoms with E-state index in [9.17, 15) is 18.3 Å². The van der Waals surface area contributed by atoms with Gasteiger partial charge in [-0.15, -0.1) is 10.2 Å². The van der Waals surface area contributed by atoms with Crippen LogP contribution in [-0.4, -0.2) is 40.5 Å². The van der Waals surface area contributed by atoms with Gasteiger partial charge < -0.3 is 15.3 Å². The van der Waals surface area contributed by atoms with Crippen LogP contribution in [0.2, 0.25) is 0 Å². The molecule has 8 heteroatoms. The number of phenols is 1. The number of aryl methyl sites for hydroxylation is 1. The molecule has 0 radical (unpaired) electrons. The van der Waals surface area contributed by atoms with Gasteiger partial charge in [0.15, 0.2) is 5.82 Å². The number of aromatic nitrogens is 2. The molecule has 2 N–H and O–H groups in total. The van der Waals surface area contributed by atoms with Gasteiger partial charge in [0.05, 0.1) is 11.3 Å². The zero-order valence-corrected chi connectivity index (χ0v) is 16.5. The van der Waals surface area contributed by atoms with E-state index in [0.717, 1.165) is 43.9 Å². The number of hydrogen-bond donors (Lipinski definition) is 2. The van der Waals surface area contributed by atoms with Gasteiger partial charge in [-0.25, -0.2) is 0 Å². The molecule has 4 rings (SSSR count). The lowest BCUT2D eigenvalue weighted by Crippen LogP contribution is -2.50. The van der Waals surface area contributed by atoms with E-state index < -0.39 is 17.5 Å². The SMILES string of the molecule is CCc1cc(C(F)(F)F)cc(O)c1-c1ccc(N2CCC3NCC(C)CC32)nn1. The van der Waals surface area contributed by atoms with E-state index in [0.29, 0.717) is 41.2 Å². The number of benzene rings is 1. The zero-order valence-electron chi connectivity index (χ0n) is 16.5. The van der Waals surface area contributed by atoms with Crippen molar-refractivity contribution in [2.24, 2.45) is 5.92 Å². The Morgan fingerprint density at radius 1 is 1.24 bits per heavy atom. The largest absolute Gasteiger partial charge is 0.507 e. The molecule has 2 aromatic rings. The van der Waals surface area contributed by atoms with Gasteiger partial charge >= 0.3 is 6.18 Å². The molecule has 2 fully saturated rings. The van der Waals surface area contributed by atoms with Crippen molar-refractivity contribution >= 4 is 5.82 Å². The maximum absolute atomic E-state index is 13.1. The number of anilines is 1. The average Bonchev–Trinajstić information content (AvgIpc) is 3.09. The minimum atomic E-state index is -4.51. The maximum atomic E-state index is 13.1. The van der Waals surface area contributed by atoms with E-state index in [2.05, 4.69) is 27.3 Å². The highest BCUT2D eigenvalue weighted by Crippen LogP contribution is 2.39. The lowest BCUT2D eigenvalue weighted by Gasteiger charge is -2.36. The molecule has 3 unspecified atom stereocenters. The summed E-state index contributed by atoms with van der Waals surface area (Å²) in [6.07, 6.45) is -2.01. The Morgan fingerprint density at radius 3 is 2.69 bits per heavy atom. The predicted octanol–water partition coefficient (Wildman–Crippen LogP) is 4.01. The van der Waals surface area contributed by atoms with Crippen molar-refractivity contribution < 1.29 is 18.3 Å². The Hall–Kier alpha value is -2.35. The molecule has 29 heavy (non-hydrogen) atoms. The quantitative estimate of drug-likeness (QED) is 0.807. The van der Waals surface area contributed by atoms with Crippen LogP contribution in [0.4, 0.5) is 19.0 Å². The molecule has 0 saturated carbocycles. The molecule has 3 heterocycles. The second-order valence-corrected chi connectivity index (χ2v) is 8.06. The summed E-state index contributed by atoms with van der Waals surface area (Å²) in [6.45, 7) is 5.91. The number of nitrogens with one attached hydrogen (secondary N) is 1. The zero-order chi connectivity index (χ0) is 20.8. The summed E-state index contributed by atoms with van der Waals surface area (Å²) in [7, 11) is 0. The van der Waals surface area contributed by atoms with E-state index in [-0.39, 0.29) is 0 Å². The van der Waals surface area contributed by atoms with Gasteiger partial charge in [-0.05, 0) is 61.6 Å². The number of halogens is 3. The van der Waals surface area contributed by atoms with Crippen molar-refractivity contribution in [1.82, 2.24) is 15.5 Å². The summed E-state index contributed by atoms with van der Waals surface area (Å²) in [5, 5.41) is 22.5. The van der Waals surface area contributed by atoms with Crippen LogP contribution in [0, 0.1) is 5.92 Å². The highest BCUT2D eigenvalue weighted by Gasteiger charge is 2.38. The number of fused-ring (bicyclic) bond motifs is 1. The number of rotatable bonds is 3. The van der Waals surface area contributed by atoms with Gasteiger partial charge in [-0.2, -0.15) is 13.2 Å². The average molecular weight is 406 g/mol. The third-order valence-electron chi connectivity index (χ3n) is 6.03. The summed E-state index contributed by atoms with van der Waals surface area (Å²) in [5.41, 5.74) is 0.225. The molecule has 1 aromatic carbocycles. The molecular formula is C21H25F3N4O. The van der Waals surface area contributed by atoms with Crippen molar-refractivity contribution in [2.45, 2.75) is 51.4 Å². The minimum absolute atomic E-state index is 0.312. The third kappa shape index (κ3) is 3.77. The Balaban J connectivity index is 1.63. The van der Waals surface area contributed by atoms with Crippen LogP contribution >= 0.6 is 0 Å². The van der Waals surface area contributed by atoms with Gasteiger partial charge in [-0.3, -0.25) is 0 Å². The highest BCUT2D eigenvalue weighted by atomic mass is 19.4. The fourth-order valence-electron chi connectivity index (χ4n) is 4.55. The lowest BCUT2D eigenvalue weighted by atomic mass is 9.92. The fourth-order valence-corrected chi connectivity index (χ4v) is 4.55. The Labute approximate surface area is 167 Å².